The summed E-state index contributed by atoms with van der Waals surface area (Å²) in [4.78, 5) is 0. The Bertz CT molecular complexity index is 1140. The number of fused-ring (bicyclic) bond motifs is 3. The summed E-state index contributed by atoms with van der Waals surface area (Å²) in [5.74, 6) is -0.417. The molecule has 4 rings (SSSR count). The van der Waals surface area contributed by atoms with Crippen LogP contribution in [0, 0.1) is 5.82 Å². The van der Waals surface area contributed by atoms with E-state index in [1.807, 2.05) is 0 Å². The molecule has 0 atom stereocenters. The van der Waals surface area contributed by atoms with Crippen molar-refractivity contribution in [2.75, 3.05) is 0 Å². The Morgan fingerprint density at radius 3 is 2.45 bits per heavy atom. The quantitative estimate of drug-likeness (QED) is 0.460. The maximum absolute atomic E-state index is 14.5. The first-order valence-corrected chi connectivity index (χ1v) is 6.18. The van der Waals surface area contributed by atoms with Crippen LogP contribution in [-0.2, 0) is 0 Å². The van der Waals surface area contributed by atoms with E-state index in [1.54, 1.807) is 36.4 Å². The normalized spacial score (nSPS) is 14.8. The fourth-order valence-electron chi connectivity index (χ4n) is 2.57. The molecule has 96 valence electrons. The van der Waals surface area contributed by atoms with Crippen LogP contribution >= 0.6 is 0 Å². The number of aromatic nitrogens is 1. The van der Waals surface area contributed by atoms with Crippen molar-refractivity contribution in [2.45, 2.75) is 0 Å². The van der Waals surface area contributed by atoms with Crippen molar-refractivity contribution in [2.24, 2.45) is 0 Å². The van der Waals surface area contributed by atoms with Crippen LogP contribution in [0.5, 0.6) is 0 Å². The van der Waals surface area contributed by atoms with Crippen LogP contribution in [0.3, 0.4) is 0 Å². The summed E-state index contributed by atoms with van der Waals surface area (Å²) in [6, 6.07) is 9.69. The van der Waals surface area contributed by atoms with E-state index in [0.29, 0.717) is 21.8 Å². The van der Waals surface area contributed by atoms with E-state index >= 15 is 0 Å². The van der Waals surface area contributed by atoms with Gasteiger partial charge in [-0.25, -0.2) is 4.39 Å². The molecule has 0 saturated carbocycles. The van der Waals surface area contributed by atoms with Gasteiger partial charge in [0.15, 0.2) is 0 Å². The number of rotatable bonds is 1. The van der Waals surface area contributed by atoms with Crippen molar-refractivity contribution < 1.29 is 11.2 Å². The molecular weight excluding hydrogens is 249 g/mol. The topological polar surface area (TPSA) is 4.93 Å². The monoisotopic (exact) mass is 266 g/mol. The highest BCUT2D eigenvalue weighted by Crippen LogP contribution is 2.33. The Kier molecular flexibility index (Phi) is 1.52. The Morgan fingerprint density at radius 2 is 1.60 bits per heavy atom. The number of hydrogen-bond acceptors (Lipinski definition) is 0. The van der Waals surface area contributed by atoms with E-state index in [1.165, 1.54) is 10.6 Å². The lowest BCUT2D eigenvalue weighted by molar-refractivity contribution is 0.640. The summed E-state index contributed by atoms with van der Waals surface area (Å²) in [6.07, 6.45) is 0. The Morgan fingerprint density at radius 1 is 0.850 bits per heavy atom. The van der Waals surface area contributed by atoms with Gasteiger partial charge in [0.2, 0.25) is 0 Å². The highest BCUT2D eigenvalue weighted by Gasteiger charge is 2.13. The lowest BCUT2D eigenvalue weighted by Gasteiger charge is -2.06. The summed E-state index contributed by atoms with van der Waals surface area (Å²) in [5.41, 5.74) is 1.06. The predicted molar refractivity (Wildman–Crippen MR) is 80.7 cm³/mol. The first-order chi connectivity index (χ1) is 11.9. The molecule has 0 amide bonds. The molecule has 0 aliphatic carbocycles. The lowest BCUT2D eigenvalue weighted by atomic mass is 10.1. The number of nitrogens with zero attached hydrogens (tertiary/aromatic N) is 1. The zero-order valence-corrected chi connectivity index (χ0v) is 10.4. The van der Waals surface area contributed by atoms with Gasteiger partial charge in [0.05, 0.1) is 17.9 Å². The van der Waals surface area contributed by atoms with Crippen LogP contribution in [0.4, 0.5) is 4.39 Å². The second kappa shape index (κ2) is 4.20. The largest absolute Gasteiger partial charge is 0.309 e. The van der Waals surface area contributed by atoms with Gasteiger partial charge in [0.25, 0.3) is 0 Å². The van der Waals surface area contributed by atoms with Crippen molar-refractivity contribution in [3.05, 3.63) is 78.5 Å². The molecule has 0 N–H and O–H groups in total. The zero-order chi connectivity index (χ0) is 17.9. The molecule has 0 bridgehead atoms. The zero-order valence-electron chi connectivity index (χ0n) is 15.4. The minimum Gasteiger partial charge on any atom is -0.309 e. The Balaban J connectivity index is 2.29. The van der Waals surface area contributed by atoms with E-state index in [0.717, 1.165) is 0 Å². The fourth-order valence-corrected chi connectivity index (χ4v) is 2.57. The standard InChI is InChI=1S/C18H12FN/c19-15-10-6-12-17-18(15)14-9-4-5-11-16(14)20(17)13-7-2-1-3-8-13/h1-12H/i1D,2D,3D,7D,8D. The molecule has 2 heteroatoms. The van der Waals surface area contributed by atoms with Crippen LogP contribution in [0.2, 0.25) is 0 Å². The third kappa shape index (κ3) is 1.48. The molecular formula is C18H12FN. The van der Waals surface area contributed by atoms with Gasteiger partial charge >= 0.3 is 0 Å². The van der Waals surface area contributed by atoms with Crippen LogP contribution in [0.15, 0.2) is 72.7 Å². The Labute approximate surface area is 122 Å². The van der Waals surface area contributed by atoms with Crippen molar-refractivity contribution in [1.82, 2.24) is 4.57 Å². The molecule has 3 aromatic carbocycles. The summed E-state index contributed by atoms with van der Waals surface area (Å²) >= 11 is 0. The first kappa shape index (κ1) is 7.25. The molecule has 1 aromatic heterocycles. The van der Waals surface area contributed by atoms with E-state index in [2.05, 4.69) is 0 Å². The Hall–Kier alpha value is -2.61. The third-order valence-corrected chi connectivity index (χ3v) is 3.36. The van der Waals surface area contributed by atoms with Gasteiger partial charge in [-0.2, -0.15) is 0 Å². The summed E-state index contributed by atoms with van der Waals surface area (Å²) in [5, 5.41) is 0.993. The van der Waals surface area contributed by atoms with Crippen LogP contribution < -0.4 is 0 Å². The molecule has 1 heterocycles. The van der Waals surface area contributed by atoms with Gasteiger partial charge in [-0.1, -0.05) is 42.4 Å². The highest BCUT2D eigenvalue weighted by molar-refractivity contribution is 6.09. The molecule has 4 aromatic rings. The SMILES string of the molecule is [2H]c1c([2H])c([2H])c(-n2c3ccccc3c3c(F)cccc32)c([2H])c1[2H]. The molecule has 0 unspecified atom stereocenters. The number of halogens is 1. The van der Waals surface area contributed by atoms with Gasteiger partial charge < -0.3 is 4.57 Å². The second-order valence-electron chi connectivity index (χ2n) is 4.46. The fraction of sp³-hybridized carbons (Fsp3) is 0. The third-order valence-electron chi connectivity index (χ3n) is 3.36. The van der Waals surface area contributed by atoms with Gasteiger partial charge in [0, 0.05) is 16.5 Å². The van der Waals surface area contributed by atoms with E-state index in [-0.39, 0.29) is 17.8 Å². The summed E-state index contributed by atoms with van der Waals surface area (Å²) < 4.78 is 56.0. The van der Waals surface area contributed by atoms with Crippen LogP contribution in [0.1, 0.15) is 6.85 Å². The maximum atomic E-state index is 14.5. The second-order valence-corrected chi connectivity index (χ2v) is 4.46. The lowest BCUT2D eigenvalue weighted by Crippen LogP contribution is -1.92. The number of para-hydroxylation sites is 2. The van der Waals surface area contributed by atoms with Crippen molar-refractivity contribution in [3.8, 4) is 5.69 Å². The van der Waals surface area contributed by atoms with E-state index < -0.39 is 23.9 Å². The van der Waals surface area contributed by atoms with Crippen molar-refractivity contribution in [3.63, 3.8) is 0 Å². The van der Waals surface area contributed by atoms with Gasteiger partial charge in [-0.3, -0.25) is 0 Å². The van der Waals surface area contributed by atoms with Crippen molar-refractivity contribution in [1.29, 1.82) is 0 Å². The molecule has 0 radical (unpaired) electrons. The smallest absolute Gasteiger partial charge is 0.133 e. The average Bonchev–Trinajstić information content (AvgIpc) is 2.94. The summed E-state index contributed by atoms with van der Waals surface area (Å²) in [6.45, 7) is 0. The molecule has 0 aliphatic rings. The molecule has 0 saturated heterocycles. The van der Waals surface area contributed by atoms with Crippen molar-refractivity contribution >= 4 is 21.8 Å². The molecule has 0 fully saturated rings. The average molecular weight is 266 g/mol. The van der Waals surface area contributed by atoms with E-state index in [9.17, 15) is 4.39 Å². The number of hydrogen-bond donors (Lipinski definition) is 0. The first-order valence-electron chi connectivity index (χ1n) is 8.68. The van der Waals surface area contributed by atoms with E-state index in [4.69, 9.17) is 6.85 Å². The van der Waals surface area contributed by atoms with Crippen LogP contribution in [-0.4, -0.2) is 4.57 Å². The van der Waals surface area contributed by atoms with Gasteiger partial charge in [-0.15, -0.1) is 0 Å². The maximum Gasteiger partial charge on any atom is 0.133 e. The molecule has 0 aliphatic heterocycles. The molecule has 0 spiro atoms. The minimum absolute atomic E-state index is 0.0165. The van der Waals surface area contributed by atoms with Gasteiger partial charge in [0.1, 0.15) is 5.82 Å². The van der Waals surface area contributed by atoms with Crippen LogP contribution in [0.25, 0.3) is 27.5 Å². The predicted octanol–water partition coefficient (Wildman–Crippen LogP) is 4.92. The number of benzene rings is 3. The molecule has 1 nitrogen and oxygen atoms in total. The highest BCUT2D eigenvalue weighted by atomic mass is 19.1. The minimum atomic E-state index is -0.453. The van der Waals surface area contributed by atoms with Gasteiger partial charge in [-0.05, 0) is 30.3 Å². The molecule has 20 heavy (non-hydrogen) atoms. The summed E-state index contributed by atoms with van der Waals surface area (Å²) in [7, 11) is 0.